The lowest BCUT2D eigenvalue weighted by Crippen LogP contribution is -2.25. The Morgan fingerprint density at radius 3 is 2.73 bits per heavy atom. The molecule has 1 N–H and O–H groups in total. The summed E-state index contributed by atoms with van der Waals surface area (Å²) in [5.74, 6) is -0.338. The third kappa shape index (κ3) is 3.94. The molecule has 2 aromatic carbocycles. The van der Waals surface area contributed by atoms with Crippen molar-refractivity contribution in [1.29, 1.82) is 0 Å². The van der Waals surface area contributed by atoms with Crippen LogP contribution in [0.4, 0.5) is 17.1 Å². The fourth-order valence-electron chi connectivity index (χ4n) is 2.81. The average Bonchev–Trinajstić information content (AvgIpc) is 3.06. The summed E-state index contributed by atoms with van der Waals surface area (Å²) in [5.41, 5.74) is 1.74. The van der Waals surface area contributed by atoms with Crippen LogP contribution in [-0.4, -0.2) is 23.3 Å². The van der Waals surface area contributed by atoms with Crippen LogP contribution in [0.1, 0.15) is 18.4 Å². The van der Waals surface area contributed by atoms with Gasteiger partial charge in [0.05, 0.1) is 16.3 Å². The van der Waals surface area contributed by atoms with Crippen LogP contribution in [0.5, 0.6) is 0 Å². The van der Waals surface area contributed by atoms with E-state index in [-0.39, 0.29) is 17.5 Å². The molecular weight excluding hydrogens is 334 g/mol. The first kappa shape index (κ1) is 17.3. The number of nitrogens with zero attached hydrogens (tertiary/aromatic N) is 2. The molecule has 1 aliphatic heterocycles. The maximum absolute atomic E-state index is 12.2. The van der Waals surface area contributed by atoms with Crippen LogP contribution in [0.3, 0.4) is 0 Å². The molecule has 1 heterocycles. The zero-order valence-corrected chi connectivity index (χ0v) is 13.9. The first-order valence-corrected chi connectivity index (χ1v) is 8.17. The average molecular weight is 351 g/mol. The van der Waals surface area contributed by atoms with Gasteiger partial charge in [-0.3, -0.25) is 19.7 Å². The molecule has 2 amide bonds. The topological polar surface area (TPSA) is 92.5 Å². The third-order valence-electron chi connectivity index (χ3n) is 4.03. The van der Waals surface area contributed by atoms with E-state index >= 15 is 0 Å². The standard InChI is InChI=1S/C19H17N3O4/c23-18(11-10-14-5-3-6-15(13-14)22(25)26)20-16-7-1-2-8-17(16)21-12-4-9-19(21)24/h1-3,5-8,10-11,13H,4,9,12H2,(H,20,23)/b11-10+. The molecule has 1 fully saturated rings. The summed E-state index contributed by atoms with van der Waals surface area (Å²) in [6.45, 7) is 0.634. The first-order valence-electron chi connectivity index (χ1n) is 8.17. The van der Waals surface area contributed by atoms with Crippen molar-refractivity contribution in [3.63, 3.8) is 0 Å². The zero-order chi connectivity index (χ0) is 18.5. The fraction of sp³-hybridized carbons (Fsp3) is 0.158. The normalized spacial score (nSPS) is 14.0. The van der Waals surface area contributed by atoms with Gasteiger partial charge in [-0.1, -0.05) is 24.3 Å². The number of carbonyl (C=O) groups is 2. The van der Waals surface area contributed by atoms with Gasteiger partial charge in [0.2, 0.25) is 11.8 Å². The van der Waals surface area contributed by atoms with Crippen LogP contribution in [0.25, 0.3) is 6.08 Å². The van der Waals surface area contributed by atoms with Crippen molar-refractivity contribution in [1.82, 2.24) is 0 Å². The Bertz CT molecular complexity index is 892. The maximum atomic E-state index is 12.2. The van der Waals surface area contributed by atoms with E-state index in [1.807, 2.05) is 6.07 Å². The molecular formula is C19H17N3O4. The van der Waals surface area contributed by atoms with Gasteiger partial charge >= 0.3 is 0 Å². The van der Waals surface area contributed by atoms with E-state index in [4.69, 9.17) is 0 Å². The predicted octanol–water partition coefficient (Wildman–Crippen LogP) is 3.37. The highest BCUT2D eigenvalue weighted by Crippen LogP contribution is 2.29. The van der Waals surface area contributed by atoms with Gasteiger partial charge in [0.25, 0.3) is 5.69 Å². The highest BCUT2D eigenvalue weighted by Gasteiger charge is 2.23. The minimum Gasteiger partial charge on any atom is -0.321 e. The van der Waals surface area contributed by atoms with Crippen molar-refractivity contribution in [2.24, 2.45) is 0 Å². The van der Waals surface area contributed by atoms with Gasteiger partial charge in [0.1, 0.15) is 0 Å². The Morgan fingerprint density at radius 1 is 1.19 bits per heavy atom. The van der Waals surface area contributed by atoms with E-state index in [9.17, 15) is 19.7 Å². The van der Waals surface area contributed by atoms with Gasteiger partial charge in [-0.2, -0.15) is 0 Å². The molecule has 0 atom stereocenters. The highest BCUT2D eigenvalue weighted by molar-refractivity contribution is 6.06. The van der Waals surface area contributed by atoms with Crippen molar-refractivity contribution in [3.8, 4) is 0 Å². The smallest absolute Gasteiger partial charge is 0.270 e. The second-order valence-electron chi connectivity index (χ2n) is 5.84. The van der Waals surface area contributed by atoms with E-state index in [0.717, 1.165) is 6.42 Å². The molecule has 1 aliphatic rings. The minimum absolute atomic E-state index is 0.0366. The molecule has 7 heteroatoms. The van der Waals surface area contributed by atoms with E-state index in [2.05, 4.69) is 5.32 Å². The lowest BCUT2D eigenvalue weighted by atomic mass is 10.2. The van der Waals surface area contributed by atoms with Gasteiger partial charge in [-0.25, -0.2) is 0 Å². The largest absolute Gasteiger partial charge is 0.321 e. The van der Waals surface area contributed by atoms with Crippen LogP contribution in [-0.2, 0) is 9.59 Å². The van der Waals surface area contributed by atoms with Gasteiger partial charge in [-0.05, 0) is 30.2 Å². The van der Waals surface area contributed by atoms with Crippen LogP contribution < -0.4 is 10.2 Å². The first-order chi connectivity index (χ1) is 12.5. The van der Waals surface area contributed by atoms with Crippen LogP contribution in [0.2, 0.25) is 0 Å². The van der Waals surface area contributed by atoms with Crippen LogP contribution in [0, 0.1) is 10.1 Å². The van der Waals surface area contributed by atoms with Crippen LogP contribution >= 0.6 is 0 Å². The molecule has 0 radical (unpaired) electrons. The number of nitrogens with one attached hydrogen (secondary N) is 1. The summed E-state index contributed by atoms with van der Waals surface area (Å²) in [7, 11) is 0. The van der Waals surface area contributed by atoms with Crippen molar-refractivity contribution < 1.29 is 14.5 Å². The Hall–Kier alpha value is -3.48. The van der Waals surface area contributed by atoms with Crippen LogP contribution in [0.15, 0.2) is 54.6 Å². The number of benzene rings is 2. The molecule has 0 aliphatic carbocycles. The fourth-order valence-corrected chi connectivity index (χ4v) is 2.81. The van der Waals surface area contributed by atoms with Crippen molar-refractivity contribution >= 4 is 35.0 Å². The number of hydrogen-bond donors (Lipinski definition) is 1. The number of non-ortho nitro benzene ring substituents is 1. The number of nitro groups is 1. The summed E-state index contributed by atoms with van der Waals surface area (Å²) >= 11 is 0. The molecule has 1 saturated heterocycles. The van der Waals surface area contributed by atoms with E-state index in [0.29, 0.717) is 29.9 Å². The van der Waals surface area contributed by atoms with Crippen molar-refractivity contribution in [2.45, 2.75) is 12.8 Å². The summed E-state index contributed by atoms with van der Waals surface area (Å²) in [5, 5.41) is 13.6. The van der Waals surface area contributed by atoms with E-state index in [1.165, 1.54) is 24.3 Å². The Labute approximate surface area is 150 Å². The number of hydrogen-bond acceptors (Lipinski definition) is 4. The molecule has 0 spiro atoms. The second-order valence-corrected chi connectivity index (χ2v) is 5.84. The number of amides is 2. The molecule has 7 nitrogen and oxygen atoms in total. The summed E-state index contributed by atoms with van der Waals surface area (Å²) in [6, 6.07) is 13.1. The van der Waals surface area contributed by atoms with E-state index < -0.39 is 4.92 Å². The predicted molar refractivity (Wildman–Crippen MR) is 98.8 cm³/mol. The molecule has 2 aromatic rings. The summed E-state index contributed by atoms with van der Waals surface area (Å²) in [4.78, 5) is 36.1. The van der Waals surface area contributed by atoms with Crippen molar-refractivity contribution in [2.75, 3.05) is 16.8 Å². The van der Waals surface area contributed by atoms with Crippen molar-refractivity contribution in [3.05, 3.63) is 70.3 Å². The summed E-state index contributed by atoms with van der Waals surface area (Å²) < 4.78 is 0. The molecule has 0 aromatic heterocycles. The molecule has 0 unspecified atom stereocenters. The van der Waals surface area contributed by atoms with E-state index in [1.54, 1.807) is 35.2 Å². The summed E-state index contributed by atoms with van der Waals surface area (Å²) in [6.07, 6.45) is 4.12. The lowest BCUT2D eigenvalue weighted by Gasteiger charge is -2.19. The molecule has 0 bridgehead atoms. The SMILES string of the molecule is O=C(/C=C/c1cccc([N+](=O)[O-])c1)Nc1ccccc1N1CCCC1=O. The number of para-hydroxylation sites is 2. The maximum Gasteiger partial charge on any atom is 0.270 e. The highest BCUT2D eigenvalue weighted by atomic mass is 16.6. The number of anilines is 2. The third-order valence-corrected chi connectivity index (χ3v) is 4.03. The number of carbonyl (C=O) groups excluding carboxylic acids is 2. The lowest BCUT2D eigenvalue weighted by molar-refractivity contribution is -0.384. The van der Waals surface area contributed by atoms with Gasteiger partial charge in [0, 0.05) is 31.2 Å². The van der Waals surface area contributed by atoms with Gasteiger partial charge < -0.3 is 10.2 Å². The molecule has 3 rings (SSSR count). The quantitative estimate of drug-likeness (QED) is 0.508. The molecule has 26 heavy (non-hydrogen) atoms. The molecule has 0 saturated carbocycles. The molecule has 132 valence electrons. The second kappa shape index (κ2) is 7.60. The monoisotopic (exact) mass is 351 g/mol. The minimum atomic E-state index is -0.485. The van der Waals surface area contributed by atoms with Gasteiger partial charge in [0.15, 0.2) is 0 Å². The van der Waals surface area contributed by atoms with Gasteiger partial charge in [-0.15, -0.1) is 0 Å². The Kier molecular flexibility index (Phi) is 5.07. The number of nitro benzene ring substituents is 1. The Morgan fingerprint density at radius 2 is 2.00 bits per heavy atom. The Balaban J connectivity index is 1.74. The zero-order valence-electron chi connectivity index (χ0n) is 13.9. The number of rotatable bonds is 5.